The Morgan fingerprint density at radius 2 is 2.00 bits per heavy atom. The van der Waals surface area contributed by atoms with Gasteiger partial charge in [-0.2, -0.15) is 0 Å². The lowest BCUT2D eigenvalue weighted by molar-refractivity contribution is -0.128. The van der Waals surface area contributed by atoms with E-state index in [1.165, 1.54) is 4.90 Å². The van der Waals surface area contributed by atoms with Gasteiger partial charge in [-0.15, -0.1) is 11.3 Å². The second kappa shape index (κ2) is 7.05. The third-order valence-electron chi connectivity index (χ3n) is 4.70. The molecule has 1 atom stereocenters. The minimum Gasteiger partial charge on any atom is -0.489 e. The number of hydrogen-bond donors (Lipinski definition) is 1. The molecule has 1 fully saturated rings. The monoisotopic (exact) mass is 390 g/mol. The van der Waals surface area contributed by atoms with Gasteiger partial charge in [-0.3, -0.25) is 10.2 Å². The van der Waals surface area contributed by atoms with Crippen LogP contribution in [0.4, 0.5) is 0 Å². The number of amides is 1. The maximum Gasteiger partial charge on any atom is 0.228 e. The van der Waals surface area contributed by atoms with Gasteiger partial charge in [-0.1, -0.05) is 24.6 Å². The molecule has 0 saturated carbocycles. The summed E-state index contributed by atoms with van der Waals surface area (Å²) in [7, 11) is 1.67. The predicted octanol–water partition coefficient (Wildman–Crippen LogP) is 5.34. The van der Waals surface area contributed by atoms with Crippen molar-refractivity contribution in [2.24, 2.45) is 0 Å². The second-order valence-corrected chi connectivity index (χ2v) is 8.64. The summed E-state index contributed by atoms with van der Waals surface area (Å²) in [6.07, 6.45) is 1.06. The molecule has 1 aromatic carbocycles. The van der Waals surface area contributed by atoms with E-state index >= 15 is 0 Å². The molecule has 138 valence electrons. The number of likely N-dealkylation sites (tertiary alicyclic amines) is 1. The molecule has 4 nitrogen and oxygen atoms in total. The fraction of sp³-hybridized carbons (Fsp3) is 0.400. The topological polar surface area (TPSA) is 53.4 Å². The third-order valence-corrected chi connectivity index (χ3v) is 6.23. The molecular formula is C20H23ClN2O2S. The van der Waals surface area contributed by atoms with Gasteiger partial charge in [-0.25, -0.2) is 0 Å². The van der Waals surface area contributed by atoms with Gasteiger partial charge >= 0.3 is 0 Å². The minimum absolute atomic E-state index is 0.00284. The van der Waals surface area contributed by atoms with Crippen LogP contribution in [0.3, 0.4) is 0 Å². The molecule has 1 saturated heterocycles. The molecule has 1 aromatic heterocycles. The van der Waals surface area contributed by atoms with Gasteiger partial charge in [0, 0.05) is 30.2 Å². The molecule has 1 amide bonds. The van der Waals surface area contributed by atoms with Crippen molar-refractivity contribution in [2.75, 3.05) is 7.05 Å². The highest BCUT2D eigenvalue weighted by atomic mass is 35.5. The first-order valence-corrected chi connectivity index (χ1v) is 9.85. The fourth-order valence-electron chi connectivity index (χ4n) is 3.16. The quantitative estimate of drug-likeness (QED) is 0.765. The van der Waals surface area contributed by atoms with E-state index in [-0.39, 0.29) is 17.4 Å². The van der Waals surface area contributed by atoms with Crippen molar-refractivity contribution in [2.45, 2.75) is 45.1 Å². The molecule has 0 aliphatic carbocycles. The first-order chi connectivity index (χ1) is 12.2. The summed E-state index contributed by atoms with van der Waals surface area (Å²) in [6, 6.07) is 7.92. The molecular weight excluding hydrogens is 368 g/mol. The first-order valence-electron chi connectivity index (χ1n) is 8.59. The van der Waals surface area contributed by atoms with Gasteiger partial charge in [0.15, 0.2) is 0 Å². The summed E-state index contributed by atoms with van der Waals surface area (Å²) >= 11 is 7.99. The number of benzene rings is 1. The van der Waals surface area contributed by atoms with Crippen molar-refractivity contribution < 1.29 is 9.53 Å². The zero-order valence-electron chi connectivity index (χ0n) is 15.4. The normalized spacial score (nSPS) is 20.8. The minimum atomic E-state index is -0.325. The van der Waals surface area contributed by atoms with Gasteiger partial charge in [-0.05, 0) is 48.6 Å². The number of nitrogens with zero attached hydrogens (tertiary/aromatic N) is 1. The lowest BCUT2D eigenvalue weighted by Crippen LogP contribution is -2.46. The van der Waals surface area contributed by atoms with Gasteiger partial charge in [0.25, 0.3) is 0 Å². The third kappa shape index (κ3) is 3.64. The van der Waals surface area contributed by atoms with Gasteiger partial charge in [0.2, 0.25) is 5.91 Å². The Morgan fingerprint density at radius 3 is 2.62 bits per heavy atom. The Hall–Kier alpha value is -1.85. The lowest BCUT2D eigenvalue weighted by Gasteiger charge is -2.36. The number of piperidine rings is 1. The van der Waals surface area contributed by atoms with Crippen LogP contribution in [0.2, 0.25) is 5.02 Å². The van der Waals surface area contributed by atoms with Gasteiger partial charge < -0.3 is 9.64 Å². The summed E-state index contributed by atoms with van der Waals surface area (Å²) in [4.78, 5) is 14.8. The van der Waals surface area contributed by atoms with E-state index in [1.807, 2.05) is 32.0 Å². The maximum atomic E-state index is 12.2. The van der Waals surface area contributed by atoms with Crippen LogP contribution in [0, 0.1) is 5.41 Å². The Morgan fingerprint density at radius 1 is 1.27 bits per heavy atom. The molecule has 1 aliphatic heterocycles. The van der Waals surface area contributed by atoms with Crippen molar-refractivity contribution >= 4 is 34.7 Å². The first kappa shape index (κ1) is 18.9. The summed E-state index contributed by atoms with van der Waals surface area (Å²) in [5.41, 5.74) is 1.77. The van der Waals surface area contributed by atoms with E-state index in [0.717, 1.165) is 16.0 Å². The Labute approximate surface area is 163 Å². The molecule has 6 heteroatoms. The Balaban J connectivity index is 1.87. The number of nitrogens with one attached hydrogen (secondary N) is 1. The number of amidine groups is 1. The SMILES string of the molecule is CC(C)Oc1ccc(-c2csc([C@@]3(C)CC(=N)N(C)C(=O)C3)c2)cc1Cl. The maximum absolute atomic E-state index is 12.2. The molecule has 0 bridgehead atoms. The van der Waals surface area contributed by atoms with Crippen molar-refractivity contribution in [3.05, 3.63) is 39.5 Å². The van der Waals surface area contributed by atoms with Crippen LogP contribution in [0.1, 0.15) is 38.5 Å². The van der Waals surface area contributed by atoms with Crippen LogP contribution in [-0.4, -0.2) is 29.8 Å². The van der Waals surface area contributed by atoms with Crippen molar-refractivity contribution in [3.8, 4) is 16.9 Å². The molecule has 2 heterocycles. The number of halogens is 1. The van der Waals surface area contributed by atoms with E-state index in [4.69, 9.17) is 21.7 Å². The summed E-state index contributed by atoms with van der Waals surface area (Å²) in [6.45, 7) is 6.00. The largest absolute Gasteiger partial charge is 0.489 e. The zero-order valence-corrected chi connectivity index (χ0v) is 17.0. The van der Waals surface area contributed by atoms with Crippen LogP contribution in [0.5, 0.6) is 5.75 Å². The second-order valence-electron chi connectivity index (χ2n) is 7.33. The molecule has 0 radical (unpaired) electrons. The molecule has 2 aromatic rings. The Kier molecular flexibility index (Phi) is 5.13. The number of thiophene rings is 1. The number of carbonyl (C=O) groups is 1. The number of rotatable bonds is 4. The highest BCUT2D eigenvalue weighted by molar-refractivity contribution is 7.10. The summed E-state index contributed by atoms with van der Waals surface area (Å²) in [5, 5.41) is 10.8. The van der Waals surface area contributed by atoms with Crippen LogP contribution < -0.4 is 4.74 Å². The van der Waals surface area contributed by atoms with E-state index in [1.54, 1.807) is 18.4 Å². The van der Waals surface area contributed by atoms with E-state index in [0.29, 0.717) is 29.4 Å². The molecule has 0 unspecified atom stereocenters. The molecule has 26 heavy (non-hydrogen) atoms. The number of carbonyl (C=O) groups excluding carboxylic acids is 1. The highest BCUT2D eigenvalue weighted by Gasteiger charge is 2.39. The molecule has 3 rings (SSSR count). The Bertz CT molecular complexity index is 841. The zero-order chi connectivity index (χ0) is 19.1. The van der Waals surface area contributed by atoms with E-state index in [9.17, 15) is 4.79 Å². The van der Waals surface area contributed by atoms with Gasteiger partial charge in [0.1, 0.15) is 11.6 Å². The number of hydrogen-bond acceptors (Lipinski definition) is 4. The van der Waals surface area contributed by atoms with E-state index < -0.39 is 0 Å². The van der Waals surface area contributed by atoms with Crippen LogP contribution in [-0.2, 0) is 10.2 Å². The predicted molar refractivity (Wildman–Crippen MR) is 108 cm³/mol. The van der Waals surface area contributed by atoms with Crippen molar-refractivity contribution in [1.29, 1.82) is 5.41 Å². The smallest absolute Gasteiger partial charge is 0.228 e. The molecule has 1 aliphatic rings. The summed E-state index contributed by atoms with van der Waals surface area (Å²) < 4.78 is 5.69. The highest BCUT2D eigenvalue weighted by Crippen LogP contribution is 2.42. The summed E-state index contributed by atoms with van der Waals surface area (Å²) in [5.74, 6) is 1.05. The lowest BCUT2D eigenvalue weighted by atomic mass is 9.78. The van der Waals surface area contributed by atoms with Gasteiger partial charge in [0.05, 0.1) is 11.1 Å². The average Bonchev–Trinajstić information content (AvgIpc) is 3.05. The van der Waals surface area contributed by atoms with E-state index in [2.05, 4.69) is 18.4 Å². The van der Waals surface area contributed by atoms with Crippen LogP contribution >= 0.6 is 22.9 Å². The van der Waals surface area contributed by atoms with Crippen LogP contribution in [0.25, 0.3) is 11.1 Å². The standard InChI is InChI=1S/C20H23ClN2O2S/c1-12(2)25-16-6-5-13(7-15(16)21)14-8-17(26-11-14)20(3)9-18(22)23(4)19(24)10-20/h5-8,11-12,22H,9-10H2,1-4H3/t20-/m0/s1. The molecule has 0 spiro atoms. The van der Waals surface area contributed by atoms with Crippen molar-refractivity contribution in [1.82, 2.24) is 4.90 Å². The number of ether oxygens (including phenoxy) is 1. The van der Waals surface area contributed by atoms with Crippen molar-refractivity contribution in [3.63, 3.8) is 0 Å². The average molecular weight is 391 g/mol. The molecule has 1 N–H and O–H groups in total. The van der Waals surface area contributed by atoms with Crippen LogP contribution in [0.15, 0.2) is 29.6 Å². The fourth-order valence-corrected chi connectivity index (χ4v) is 4.47.